The van der Waals surface area contributed by atoms with Gasteiger partial charge in [-0.15, -0.1) is 0 Å². The van der Waals surface area contributed by atoms with E-state index in [0.717, 1.165) is 0 Å². The summed E-state index contributed by atoms with van der Waals surface area (Å²) in [7, 11) is 0. The van der Waals surface area contributed by atoms with Gasteiger partial charge in [-0.25, -0.2) is 0 Å². The number of hydrogen-bond donors (Lipinski definition) is 3. The number of nitrogens with zero attached hydrogens (tertiary/aromatic N) is 1. The van der Waals surface area contributed by atoms with E-state index in [4.69, 9.17) is 10.3 Å². The number of dihydropyridines is 1. The smallest absolute Gasteiger partial charge is 0.166 e. The normalized spacial score (nSPS) is 23.5. The van der Waals surface area contributed by atoms with Crippen LogP contribution in [-0.4, -0.2) is 21.8 Å². The Labute approximate surface area is 63.8 Å². The molecule has 0 radical (unpaired) electrons. The minimum absolute atomic E-state index is 0.0764. The molecular formula is C6H9N2O3-. The highest BCUT2D eigenvalue weighted by atomic mass is 16.8. The van der Waals surface area contributed by atoms with Crippen molar-refractivity contribution in [2.45, 2.75) is 13.2 Å². The molecule has 0 fully saturated rings. The van der Waals surface area contributed by atoms with Crippen LogP contribution in [0.15, 0.2) is 23.5 Å². The Kier molecular flexibility index (Phi) is 2.13. The van der Waals surface area contributed by atoms with Crippen molar-refractivity contribution in [2.24, 2.45) is 0 Å². The predicted octanol–water partition coefficient (Wildman–Crippen LogP) is -0.115. The molecule has 5 nitrogen and oxygen atoms in total. The van der Waals surface area contributed by atoms with Gasteiger partial charge < -0.3 is 20.9 Å². The van der Waals surface area contributed by atoms with Crippen LogP contribution in [-0.2, 0) is 0 Å². The maximum absolute atomic E-state index is 10.4. The lowest BCUT2D eigenvalue weighted by atomic mass is 10.1. The van der Waals surface area contributed by atoms with Crippen molar-refractivity contribution in [2.75, 3.05) is 0 Å². The van der Waals surface area contributed by atoms with Crippen LogP contribution in [0.2, 0.25) is 0 Å². The van der Waals surface area contributed by atoms with Gasteiger partial charge in [0.05, 0.1) is 5.70 Å². The Hall–Kier alpha value is -1.04. The molecule has 0 saturated carbocycles. The summed E-state index contributed by atoms with van der Waals surface area (Å²) in [6, 6.07) is 0. The predicted molar refractivity (Wildman–Crippen MR) is 38.0 cm³/mol. The minimum Gasteiger partial charge on any atom is -0.734 e. The van der Waals surface area contributed by atoms with Gasteiger partial charge in [0.25, 0.3) is 0 Å². The van der Waals surface area contributed by atoms with E-state index in [1.54, 1.807) is 13.0 Å². The van der Waals surface area contributed by atoms with E-state index in [-0.39, 0.29) is 10.9 Å². The van der Waals surface area contributed by atoms with Gasteiger partial charge in [-0.05, 0) is 24.8 Å². The van der Waals surface area contributed by atoms with Crippen LogP contribution >= 0.6 is 0 Å². The summed E-state index contributed by atoms with van der Waals surface area (Å²) in [5, 5.41) is 30.1. The topological polar surface area (TPSA) is 78.8 Å². The van der Waals surface area contributed by atoms with Crippen molar-refractivity contribution < 1.29 is 10.3 Å². The quantitative estimate of drug-likeness (QED) is 0.462. The molecule has 1 atom stereocenters. The summed E-state index contributed by atoms with van der Waals surface area (Å²) in [6.45, 7) is 1.62. The van der Waals surface area contributed by atoms with Gasteiger partial charge in [0, 0.05) is 0 Å². The summed E-state index contributed by atoms with van der Waals surface area (Å²) in [4.78, 5) is 0. The first-order chi connectivity index (χ1) is 5.13. The maximum Gasteiger partial charge on any atom is 0.166 e. The lowest BCUT2D eigenvalue weighted by Gasteiger charge is -2.31. The second-order valence-corrected chi connectivity index (χ2v) is 2.24. The number of aliphatic hydroxyl groups excluding tert-OH is 1. The Morgan fingerprint density at radius 1 is 1.73 bits per heavy atom. The van der Waals surface area contributed by atoms with Gasteiger partial charge in [0.1, 0.15) is 0 Å². The fourth-order valence-corrected chi connectivity index (χ4v) is 0.900. The number of hydroxylamine groups is 2. The summed E-state index contributed by atoms with van der Waals surface area (Å²) >= 11 is 0. The number of hydrogen-bond acceptors (Lipinski definition) is 5. The molecule has 1 heterocycles. The largest absolute Gasteiger partial charge is 0.734 e. The van der Waals surface area contributed by atoms with Crippen molar-refractivity contribution in [1.29, 1.82) is 0 Å². The van der Waals surface area contributed by atoms with Gasteiger partial charge in [-0.2, -0.15) is 0 Å². The third kappa shape index (κ3) is 1.51. The molecule has 0 aliphatic carbocycles. The molecule has 3 N–H and O–H groups in total. The Morgan fingerprint density at radius 3 is 2.73 bits per heavy atom. The number of rotatable bonds is 1. The molecule has 0 bridgehead atoms. The second-order valence-electron chi connectivity index (χ2n) is 2.24. The van der Waals surface area contributed by atoms with Crippen LogP contribution in [0.4, 0.5) is 0 Å². The number of nitrogens with one attached hydrogen (secondary N) is 1. The highest BCUT2D eigenvalue weighted by Crippen LogP contribution is 2.14. The van der Waals surface area contributed by atoms with Crippen molar-refractivity contribution in [1.82, 2.24) is 10.5 Å². The van der Waals surface area contributed by atoms with E-state index >= 15 is 0 Å². The van der Waals surface area contributed by atoms with Crippen molar-refractivity contribution >= 4 is 0 Å². The summed E-state index contributed by atoms with van der Waals surface area (Å²) < 4.78 is 0. The molecule has 0 saturated heterocycles. The fourth-order valence-electron chi connectivity index (χ4n) is 0.900. The molecule has 1 aliphatic rings. The monoisotopic (exact) mass is 157 g/mol. The van der Waals surface area contributed by atoms with E-state index in [2.05, 4.69) is 5.32 Å². The molecule has 11 heavy (non-hydrogen) atoms. The Balaban J connectivity index is 2.91. The molecule has 5 heteroatoms. The van der Waals surface area contributed by atoms with Gasteiger partial charge in [-0.1, -0.05) is 0 Å². The van der Waals surface area contributed by atoms with Gasteiger partial charge in [-0.3, -0.25) is 5.21 Å². The van der Waals surface area contributed by atoms with Gasteiger partial charge >= 0.3 is 0 Å². The van der Waals surface area contributed by atoms with Crippen LogP contribution in [0.5, 0.6) is 0 Å². The Bertz CT molecular complexity index is 210. The highest BCUT2D eigenvalue weighted by Gasteiger charge is 2.14. The average molecular weight is 157 g/mol. The van der Waals surface area contributed by atoms with Crippen molar-refractivity contribution in [3.8, 4) is 0 Å². The molecule has 0 aromatic rings. The summed E-state index contributed by atoms with van der Waals surface area (Å²) in [5.41, 5.74) is 0.459. The van der Waals surface area contributed by atoms with E-state index in [0.29, 0.717) is 5.57 Å². The first-order valence-corrected chi connectivity index (χ1v) is 3.10. The van der Waals surface area contributed by atoms with Crippen LogP contribution in [0.25, 0.3) is 0 Å². The molecule has 0 aromatic heterocycles. The van der Waals surface area contributed by atoms with Gasteiger partial charge in [0.15, 0.2) is 6.23 Å². The van der Waals surface area contributed by atoms with Gasteiger partial charge in [0.2, 0.25) is 0 Å². The Morgan fingerprint density at radius 2 is 2.36 bits per heavy atom. The lowest BCUT2D eigenvalue weighted by Crippen LogP contribution is -2.35. The molecule has 62 valence electrons. The third-order valence-electron chi connectivity index (χ3n) is 1.46. The molecule has 1 aliphatic heterocycles. The maximum atomic E-state index is 10.4. The fraction of sp³-hybridized carbons (Fsp3) is 0.333. The second kappa shape index (κ2) is 2.91. The van der Waals surface area contributed by atoms with Crippen LogP contribution in [0, 0.1) is 5.21 Å². The van der Waals surface area contributed by atoms with Crippen molar-refractivity contribution in [3.05, 3.63) is 28.8 Å². The number of aliphatic hydroxyl groups is 1. The molecule has 0 aromatic carbocycles. The van der Waals surface area contributed by atoms with E-state index < -0.39 is 6.23 Å². The average Bonchev–Trinajstić information content (AvgIpc) is 1.85. The van der Waals surface area contributed by atoms with E-state index in [1.807, 2.05) is 0 Å². The molecule has 1 rings (SSSR count). The van der Waals surface area contributed by atoms with Crippen molar-refractivity contribution in [3.63, 3.8) is 0 Å². The molecule has 0 amide bonds. The third-order valence-corrected chi connectivity index (χ3v) is 1.46. The van der Waals surface area contributed by atoms with Crippen LogP contribution in [0.3, 0.4) is 0 Å². The first kappa shape index (κ1) is 8.06. The molecular weight excluding hydrogens is 148 g/mol. The first-order valence-electron chi connectivity index (χ1n) is 3.10. The standard InChI is InChI=1S/C6H9N2O3/c1-4-2-3-7-6(9)5(4)8(10)11/h2-3,6-7,9-10H,1H3/q-1. The van der Waals surface area contributed by atoms with E-state index in [9.17, 15) is 5.21 Å². The zero-order valence-corrected chi connectivity index (χ0v) is 5.98. The summed E-state index contributed by atoms with van der Waals surface area (Å²) in [6.07, 6.45) is 1.97. The van der Waals surface area contributed by atoms with Crippen LogP contribution in [0.1, 0.15) is 6.92 Å². The lowest BCUT2D eigenvalue weighted by molar-refractivity contribution is -0.0326. The summed E-state index contributed by atoms with van der Waals surface area (Å²) in [5.74, 6) is 0. The SMILES string of the molecule is CC1=C(N([O-])O)C(O)NC=C1. The molecule has 0 spiro atoms. The van der Waals surface area contributed by atoms with E-state index in [1.165, 1.54) is 6.20 Å². The zero-order chi connectivity index (χ0) is 8.43. The minimum atomic E-state index is -1.12. The zero-order valence-electron chi connectivity index (χ0n) is 5.98. The number of allylic oxidation sites excluding steroid dienone is 2. The van der Waals surface area contributed by atoms with Crippen LogP contribution < -0.4 is 5.32 Å². The molecule has 1 unspecified atom stereocenters. The highest BCUT2D eigenvalue weighted by molar-refractivity contribution is 5.28.